The van der Waals surface area contributed by atoms with Crippen LogP contribution in [0.1, 0.15) is 5.56 Å². The number of amides is 1. The van der Waals surface area contributed by atoms with Gasteiger partial charge in [-0.3, -0.25) is 4.79 Å². The highest BCUT2D eigenvalue weighted by Gasteiger charge is 2.12. The molecule has 142 valence electrons. The first-order valence-electron chi connectivity index (χ1n) is 9.20. The molecule has 3 heterocycles. The molecule has 0 aliphatic carbocycles. The molecular formula is C22H17N5OS. The smallest absolute Gasteiger partial charge is 0.244 e. The maximum atomic E-state index is 12.7. The van der Waals surface area contributed by atoms with E-state index in [2.05, 4.69) is 20.3 Å². The lowest BCUT2D eigenvalue weighted by atomic mass is 10.1. The molecule has 0 aliphatic heterocycles. The summed E-state index contributed by atoms with van der Waals surface area (Å²) >= 11 is 1.54. The number of anilines is 1. The molecule has 6 nitrogen and oxygen atoms in total. The predicted octanol–water partition coefficient (Wildman–Crippen LogP) is 4.66. The van der Waals surface area contributed by atoms with Gasteiger partial charge in [-0.2, -0.15) is 0 Å². The summed E-state index contributed by atoms with van der Waals surface area (Å²) in [6.07, 6.45) is 3.46. The summed E-state index contributed by atoms with van der Waals surface area (Å²) in [5.74, 6) is -0.0978. The van der Waals surface area contributed by atoms with Gasteiger partial charge in [0, 0.05) is 17.4 Å². The summed E-state index contributed by atoms with van der Waals surface area (Å²) < 4.78 is 1.85. The minimum Gasteiger partial charge on any atom is -0.324 e. The summed E-state index contributed by atoms with van der Waals surface area (Å²) in [5, 5.41) is 3.91. The van der Waals surface area contributed by atoms with Crippen LogP contribution in [0, 0.1) is 6.92 Å². The van der Waals surface area contributed by atoms with Crippen molar-refractivity contribution in [2.75, 3.05) is 5.32 Å². The Morgan fingerprint density at radius 1 is 1.07 bits per heavy atom. The Hall–Kier alpha value is -3.58. The van der Waals surface area contributed by atoms with Crippen LogP contribution in [-0.4, -0.2) is 25.4 Å². The number of fused-ring (bicyclic) bond motifs is 2. The van der Waals surface area contributed by atoms with Crippen molar-refractivity contribution in [1.82, 2.24) is 19.5 Å². The van der Waals surface area contributed by atoms with E-state index in [1.165, 1.54) is 0 Å². The second-order valence-electron chi connectivity index (χ2n) is 6.79. The fourth-order valence-electron chi connectivity index (χ4n) is 3.26. The number of rotatable bonds is 4. The molecule has 2 aromatic carbocycles. The molecule has 0 atom stereocenters. The summed E-state index contributed by atoms with van der Waals surface area (Å²) in [6, 6.07) is 17.6. The van der Waals surface area contributed by atoms with Crippen molar-refractivity contribution in [1.29, 1.82) is 0 Å². The summed E-state index contributed by atoms with van der Waals surface area (Å²) in [6.45, 7) is 2.18. The van der Waals surface area contributed by atoms with E-state index in [9.17, 15) is 4.79 Å². The van der Waals surface area contributed by atoms with Crippen molar-refractivity contribution in [3.8, 4) is 10.6 Å². The summed E-state index contributed by atoms with van der Waals surface area (Å²) in [7, 11) is 0. The second kappa shape index (κ2) is 7.10. The van der Waals surface area contributed by atoms with Gasteiger partial charge in [0.1, 0.15) is 21.9 Å². The monoisotopic (exact) mass is 399 g/mol. The molecular weight excluding hydrogens is 382 g/mol. The van der Waals surface area contributed by atoms with Crippen LogP contribution in [0.4, 0.5) is 5.69 Å². The van der Waals surface area contributed by atoms with Crippen LogP contribution in [0.5, 0.6) is 0 Å². The van der Waals surface area contributed by atoms with Gasteiger partial charge in [-0.25, -0.2) is 15.0 Å². The summed E-state index contributed by atoms with van der Waals surface area (Å²) in [5.41, 5.74) is 5.44. The van der Waals surface area contributed by atoms with Gasteiger partial charge >= 0.3 is 0 Å². The number of nitrogens with zero attached hydrogens (tertiary/aromatic N) is 4. The Balaban J connectivity index is 1.40. The van der Waals surface area contributed by atoms with Crippen LogP contribution in [0.25, 0.3) is 32.0 Å². The molecule has 0 unspecified atom stereocenters. The fraction of sp³-hybridized carbons (Fsp3) is 0.0909. The Morgan fingerprint density at radius 2 is 1.93 bits per heavy atom. The third kappa shape index (κ3) is 3.36. The van der Waals surface area contributed by atoms with Gasteiger partial charge < -0.3 is 9.88 Å². The van der Waals surface area contributed by atoms with Gasteiger partial charge in [0.15, 0.2) is 0 Å². The van der Waals surface area contributed by atoms with E-state index < -0.39 is 0 Å². The van der Waals surface area contributed by atoms with Gasteiger partial charge in [0.25, 0.3) is 0 Å². The first kappa shape index (κ1) is 17.5. The number of hydrogen-bond acceptors (Lipinski definition) is 5. The van der Waals surface area contributed by atoms with Gasteiger partial charge in [-0.1, -0.05) is 35.6 Å². The van der Waals surface area contributed by atoms with Crippen molar-refractivity contribution < 1.29 is 4.79 Å². The van der Waals surface area contributed by atoms with Crippen molar-refractivity contribution in [3.05, 3.63) is 72.7 Å². The third-order valence-corrected chi connectivity index (χ3v) is 5.79. The standard InChI is InChI=1S/C22H17N5OS/c1-14-8-9-15(21-26-17-6-4-10-23-22(17)29-21)11-18(14)25-20(28)12-27-13-24-16-5-2-3-7-19(16)27/h2-11,13H,12H2,1H3,(H,25,28). The topological polar surface area (TPSA) is 72.7 Å². The lowest BCUT2D eigenvalue weighted by Gasteiger charge is -2.11. The largest absolute Gasteiger partial charge is 0.324 e. The van der Waals surface area contributed by atoms with Crippen LogP contribution >= 0.6 is 11.3 Å². The number of benzene rings is 2. The normalized spacial score (nSPS) is 11.2. The first-order valence-corrected chi connectivity index (χ1v) is 10.0. The molecule has 0 spiro atoms. The Kier molecular flexibility index (Phi) is 4.29. The van der Waals surface area contributed by atoms with E-state index in [0.29, 0.717) is 0 Å². The minimum atomic E-state index is -0.0978. The zero-order valence-corrected chi connectivity index (χ0v) is 16.5. The van der Waals surface area contributed by atoms with Crippen LogP contribution in [0.15, 0.2) is 67.1 Å². The molecule has 29 heavy (non-hydrogen) atoms. The van der Waals surface area contributed by atoms with Gasteiger partial charge in [0.2, 0.25) is 5.91 Å². The predicted molar refractivity (Wildman–Crippen MR) is 116 cm³/mol. The molecule has 0 radical (unpaired) electrons. The lowest BCUT2D eigenvalue weighted by Crippen LogP contribution is -2.18. The van der Waals surface area contributed by atoms with Gasteiger partial charge in [-0.15, -0.1) is 0 Å². The number of carbonyl (C=O) groups is 1. The van der Waals surface area contributed by atoms with Crippen molar-refractivity contribution in [2.24, 2.45) is 0 Å². The number of pyridine rings is 1. The summed E-state index contributed by atoms with van der Waals surface area (Å²) in [4.78, 5) is 26.9. The molecule has 0 aliphatic rings. The molecule has 7 heteroatoms. The Morgan fingerprint density at radius 3 is 2.83 bits per heavy atom. The highest BCUT2D eigenvalue weighted by molar-refractivity contribution is 7.21. The molecule has 1 N–H and O–H groups in total. The number of thiazole rings is 1. The molecule has 1 amide bonds. The van der Waals surface area contributed by atoms with E-state index in [4.69, 9.17) is 0 Å². The van der Waals surface area contributed by atoms with Crippen LogP contribution < -0.4 is 5.32 Å². The minimum absolute atomic E-state index is 0.0978. The van der Waals surface area contributed by atoms with Crippen molar-refractivity contribution in [2.45, 2.75) is 13.5 Å². The molecule has 3 aromatic heterocycles. The number of para-hydroxylation sites is 2. The molecule has 0 fully saturated rings. The zero-order chi connectivity index (χ0) is 19.8. The highest BCUT2D eigenvalue weighted by atomic mass is 32.1. The van der Waals surface area contributed by atoms with Crippen LogP contribution in [-0.2, 0) is 11.3 Å². The Labute approximate surface area is 170 Å². The lowest BCUT2D eigenvalue weighted by molar-refractivity contribution is -0.116. The van der Waals surface area contributed by atoms with Crippen LogP contribution in [0.3, 0.4) is 0 Å². The van der Waals surface area contributed by atoms with Gasteiger partial charge in [0.05, 0.1) is 17.4 Å². The van der Waals surface area contributed by atoms with Crippen molar-refractivity contribution in [3.63, 3.8) is 0 Å². The number of aryl methyl sites for hydroxylation is 1. The number of imidazole rings is 1. The average molecular weight is 399 g/mol. The molecule has 0 bridgehead atoms. The number of hydrogen-bond donors (Lipinski definition) is 1. The van der Waals surface area contributed by atoms with Crippen molar-refractivity contribution >= 4 is 44.3 Å². The third-order valence-electron chi connectivity index (χ3n) is 4.77. The number of carbonyl (C=O) groups excluding carboxylic acids is 1. The first-order chi connectivity index (χ1) is 14.2. The van der Waals surface area contributed by atoms with E-state index >= 15 is 0 Å². The number of aromatic nitrogens is 4. The molecule has 0 saturated heterocycles. The van der Waals surface area contributed by atoms with Crippen LogP contribution in [0.2, 0.25) is 0 Å². The second-order valence-corrected chi connectivity index (χ2v) is 7.76. The molecule has 0 saturated carbocycles. The average Bonchev–Trinajstić information content (AvgIpc) is 3.34. The quantitative estimate of drug-likeness (QED) is 0.477. The number of nitrogens with one attached hydrogen (secondary N) is 1. The van der Waals surface area contributed by atoms with Gasteiger partial charge in [-0.05, 0) is 42.8 Å². The molecule has 5 aromatic rings. The molecule has 5 rings (SSSR count). The fourth-order valence-corrected chi connectivity index (χ4v) is 4.17. The maximum absolute atomic E-state index is 12.7. The zero-order valence-electron chi connectivity index (χ0n) is 15.7. The van der Waals surface area contributed by atoms with E-state index in [1.807, 2.05) is 66.1 Å². The Bertz CT molecular complexity index is 1320. The maximum Gasteiger partial charge on any atom is 0.244 e. The van der Waals surface area contributed by atoms with E-state index in [0.717, 1.165) is 43.2 Å². The highest BCUT2D eigenvalue weighted by Crippen LogP contribution is 2.31. The SMILES string of the molecule is Cc1ccc(-c2nc3cccnc3s2)cc1NC(=O)Cn1cnc2ccccc21. The van der Waals surface area contributed by atoms with E-state index in [-0.39, 0.29) is 12.5 Å². The van der Waals surface area contributed by atoms with E-state index in [1.54, 1.807) is 23.9 Å².